The Bertz CT molecular complexity index is 994. The molecule has 0 amide bonds. The number of benzene rings is 2. The Labute approximate surface area is 157 Å². The van der Waals surface area contributed by atoms with Crippen molar-refractivity contribution < 1.29 is 5.11 Å². The summed E-state index contributed by atoms with van der Waals surface area (Å²) in [6, 6.07) is 15.2. The summed E-state index contributed by atoms with van der Waals surface area (Å²) in [6.07, 6.45) is 1.72. The van der Waals surface area contributed by atoms with Crippen LogP contribution in [0.4, 0.5) is 5.69 Å². The number of nitrogens with one attached hydrogen (secondary N) is 1. The first-order valence-corrected chi connectivity index (χ1v) is 8.85. The van der Waals surface area contributed by atoms with E-state index in [4.69, 9.17) is 5.73 Å². The average Bonchev–Trinajstić information content (AvgIpc) is 2.63. The van der Waals surface area contributed by atoms with Crippen molar-refractivity contribution in [3.05, 3.63) is 59.8 Å². The Kier molecular flexibility index (Phi) is 4.56. The second-order valence-electron chi connectivity index (χ2n) is 6.66. The zero-order valence-corrected chi connectivity index (χ0v) is 15.1. The van der Waals surface area contributed by atoms with Crippen molar-refractivity contribution in [3.63, 3.8) is 0 Å². The molecule has 0 bridgehead atoms. The number of anilines is 1. The highest BCUT2D eigenvalue weighted by Crippen LogP contribution is 2.33. The van der Waals surface area contributed by atoms with Gasteiger partial charge in [-0.1, -0.05) is 12.1 Å². The van der Waals surface area contributed by atoms with E-state index in [0.717, 1.165) is 35.5 Å². The van der Waals surface area contributed by atoms with Crippen molar-refractivity contribution in [2.45, 2.75) is 5.92 Å². The lowest BCUT2D eigenvalue weighted by Crippen LogP contribution is -2.40. The number of rotatable bonds is 4. The number of aromatic hydroxyl groups is 1. The zero-order chi connectivity index (χ0) is 18.8. The maximum Gasteiger partial charge on any atom is 0.125 e. The van der Waals surface area contributed by atoms with Gasteiger partial charge in [0, 0.05) is 49.1 Å². The van der Waals surface area contributed by atoms with Crippen molar-refractivity contribution in [1.29, 1.82) is 0 Å². The number of hydrogen-bond donors (Lipinski definition) is 3. The highest BCUT2D eigenvalue weighted by Gasteiger charge is 2.20. The van der Waals surface area contributed by atoms with Crippen LogP contribution in [0.5, 0.6) is 5.75 Å². The fourth-order valence-electron chi connectivity index (χ4n) is 3.13. The number of phenols is 1. The standard InChI is InChI=1S/C21H21N5O/c1-23-10-15-8-13(3-5-18(15)22)14-2-4-17(21(27)9-14)20-7-6-19(25-26-20)16-11-24-12-16/h2-10,16,24,27H,11-12,22H2,1H3. The van der Waals surface area contributed by atoms with E-state index < -0.39 is 0 Å². The van der Waals surface area contributed by atoms with Gasteiger partial charge in [0.15, 0.2) is 0 Å². The zero-order valence-electron chi connectivity index (χ0n) is 15.1. The van der Waals surface area contributed by atoms with E-state index in [2.05, 4.69) is 20.5 Å². The van der Waals surface area contributed by atoms with Crippen molar-refractivity contribution >= 4 is 11.9 Å². The van der Waals surface area contributed by atoms with Crippen molar-refractivity contribution in [2.75, 3.05) is 25.9 Å². The Morgan fingerprint density at radius 1 is 1.07 bits per heavy atom. The normalized spacial score (nSPS) is 14.4. The predicted octanol–water partition coefficient (Wildman–Crippen LogP) is 2.83. The number of nitrogens with two attached hydrogens (primary N) is 1. The molecule has 0 unspecified atom stereocenters. The lowest BCUT2D eigenvalue weighted by atomic mass is 9.98. The maximum absolute atomic E-state index is 10.5. The first-order valence-electron chi connectivity index (χ1n) is 8.85. The molecule has 4 N–H and O–H groups in total. The van der Waals surface area contributed by atoms with E-state index >= 15 is 0 Å². The quantitative estimate of drug-likeness (QED) is 0.492. The van der Waals surface area contributed by atoms with Crippen LogP contribution in [0.15, 0.2) is 53.5 Å². The molecule has 1 fully saturated rings. The molecule has 136 valence electrons. The molecule has 0 spiro atoms. The molecule has 27 heavy (non-hydrogen) atoms. The van der Waals surface area contributed by atoms with Gasteiger partial charge in [-0.05, 0) is 47.5 Å². The average molecular weight is 359 g/mol. The third-order valence-electron chi connectivity index (χ3n) is 4.85. The molecule has 0 radical (unpaired) electrons. The van der Waals surface area contributed by atoms with E-state index in [1.165, 1.54) is 0 Å². The molecular formula is C21H21N5O. The van der Waals surface area contributed by atoms with Gasteiger partial charge in [0.1, 0.15) is 5.75 Å². The molecule has 1 saturated heterocycles. The van der Waals surface area contributed by atoms with Gasteiger partial charge in [0.2, 0.25) is 0 Å². The Hall–Kier alpha value is -3.25. The highest BCUT2D eigenvalue weighted by molar-refractivity contribution is 5.89. The SMILES string of the molecule is CN=Cc1cc(-c2ccc(-c3ccc(C4CNC4)nn3)c(O)c2)ccc1N. The highest BCUT2D eigenvalue weighted by atomic mass is 16.3. The van der Waals surface area contributed by atoms with Crippen LogP contribution >= 0.6 is 0 Å². The number of aliphatic imine (C=N–C) groups is 1. The summed E-state index contributed by atoms with van der Waals surface area (Å²) >= 11 is 0. The summed E-state index contributed by atoms with van der Waals surface area (Å²) in [5.74, 6) is 0.608. The minimum Gasteiger partial charge on any atom is -0.507 e. The summed E-state index contributed by atoms with van der Waals surface area (Å²) in [5.41, 5.74) is 11.7. The lowest BCUT2D eigenvalue weighted by Gasteiger charge is -2.25. The fraction of sp³-hybridized carbons (Fsp3) is 0.190. The fourth-order valence-corrected chi connectivity index (χ4v) is 3.13. The number of nitrogen functional groups attached to an aromatic ring is 1. The van der Waals surface area contributed by atoms with E-state index in [1.807, 2.05) is 42.5 Å². The molecular weight excluding hydrogens is 338 g/mol. The summed E-state index contributed by atoms with van der Waals surface area (Å²) in [7, 11) is 1.71. The number of hydrogen-bond acceptors (Lipinski definition) is 6. The van der Waals surface area contributed by atoms with Gasteiger partial charge < -0.3 is 16.2 Å². The largest absolute Gasteiger partial charge is 0.507 e. The first kappa shape index (κ1) is 17.2. The van der Waals surface area contributed by atoms with Gasteiger partial charge in [-0.2, -0.15) is 10.2 Å². The van der Waals surface area contributed by atoms with Crippen LogP contribution in [0.2, 0.25) is 0 Å². The monoisotopic (exact) mass is 359 g/mol. The van der Waals surface area contributed by atoms with Gasteiger partial charge in [-0.15, -0.1) is 0 Å². The molecule has 2 heterocycles. The van der Waals surface area contributed by atoms with Crippen LogP contribution < -0.4 is 11.1 Å². The second kappa shape index (κ2) is 7.17. The van der Waals surface area contributed by atoms with E-state index in [0.29, 0.717) is 22.9 Å². The molecule has 0 atom stereocenters. The van der Waals surface area contributed by atoms with Crippen molar-refractivity contribution in [3.8, 4) is 28.1 Å². The van der Waals surface area contributed by atoms with Crippen LogP contribution in [0.3, 0.4) is 0 Å². The Balaban J connectivity index is 1.63. The molecule has 6 nitrogen and oxygen atoms in total. The number of nitrogens with zero attached hydrogens (tertiary/aromatic N) is 3. The predicted molar refractivity (Wildman–Crippen MR) is 108 cm³/mol. The smallest absolute Gasteiger partial charge is 0.125 e. The molecule has 1 aliphatic heterocycles. The van der Waals surface area contributed by atoms with Gasteiger partial charge in [-0.3, -0.25) is 4.99 Å². The molecule has 4 rings (SSSR count). The third-order valence-corrected chi connectivity index (χ3v) is 4.85. The molecule has 1 aromatic heterocycles. The van der Waals surface area contributed by atoms with E-state index in [-0.39, 0.29) is 5.75 Å². The first-order chi connectivity index (χ1) is 13.2. The molecule has 1 aliphatic rings. The number of aromatic nitrogens is 2. The van der Waals surface area contributed by atoms with Gasteiger partial charge in [0.05, 0.1) is 11.4 Å². The van der Waals surface area contributed by atoms with Crippen LogP contribution in [0, 0.1) is 0 Å². The minimum absolute atomic E-state index is 0.169. The Morgan fingerprint density at radius 2 is 1.85 bits per heavy atom. The van der Waals surface area contributed by atoms with Crippen LogP contribution in [0.1, 0.15) is 17.2 Å². The summed E-state index contributed by atoms with van der Waals surface area (Å²) < 4.78 is 0. The third kappa shape index (κ3) is 3.39. The van der Waals surface area contributed by atoms with Gasteiger partial charge in [-0.25, -0.2) is 0 Å². The Morgan fingerprint density at radius 3 is 2.48 bits per heavy atom. The maximum atomic E-state index is 10.5. The van der Waals surface area contributed by atoms with Gasteiger partial charge >= 0.3 is 0 Å². The van der Waals surface area contributed by atoms with Crippen molar-refractivity contribution in [1.82, 2.24) is 15.5 Å². The summed E-state index contributed by atoms with van der Waals surface area (Å²) in [6.45, 7) is 1.89. The number of phenolic OH excluding ortho intramolecular Hbond substituents is 1. The molecule has 2 aromatic carbocycles. The van der Waals surface area contributed by atoms with Gasteiger partial charge in [0.25, 0.3) is 0 Å². The van der Waals surface area contributed by atoms with E-state index in [9.17, 15) is 5.11 Å². The molecule has 0 saturated carbocycles. The van der Waals surface area contributed by atoms with E-state index in [1.54, 1.807) is 19.3 Å². The van der Waals surface area contributed by atoms with Crippen LogP contribution in [-0.2, 0) is 0 Å². The van der Waals surface area contributed by atoms with Crippen LogP contribution in [-0.4, -0.2) is 41.7 Å². The minimum atomic E-state index is 0.169. The second-order valence-corrected chi connectivity index (χ2v) is 6.66. The summed E-state index contributed by atoms with van der Waals surface area (Å²) in [5, 5.41) is 22.4. The molecule has 3 aromatic rings. The summed E-state index contributed by atoms with van der Waals surface area (Å²) in [4.78, 5) is 4.03. The lowest BCUT2D eigenvalue weighted by molar-refractivity contribution is 0.436. The molecule has 0 aliphatic carbocycles. The molecule has 6 heteroatoms. The topological polar surface area (TPSA) is 96.4 Å². The van der Waals surface area contributed by atoms with Crippen LogP contribution in [0.25, 0.3) is 22.4 Å². The van der Waals surface area contributed by atoms with Crippen molar-refractivity contribution in [2.24, 2.45) is 4.99 Å².